The lowest BCUT2D eigenvalue weighted by atomic mass is 10.5. The summed E-state index contributed by atoms with van der Waals surface area (Å²) in [6.45, 7) is -0.352. The summed E-state index contributed by atoms with van der Waals surface area (Å²) in [5, 5.41) is 0. The molecule has 0 spiro atoms. The highest BCUT2D eigenvalue weighted by molar-refractivity contribution is 14.1. The van der Waals surface area contributed by atoms with E-state index in [0.717, 1.165) is 3.57 Å². The van der Waals surface area contributed by atoms with E-state index in [-0.39, 0.29) is 12.1 Å². The van der Waals surface area contributed by atoms with Crippen LogP contribution in [0.5, 0.6) is 0 Å². The maximum Gasteiger partial charge on any atom is 0.250 e. The second-order valence-electron chi connectivity index (χ2n) is 2.07. The number of alkyl halides is 1. The monoisotopic (exact) mass is 267 g/mol. The Morgan fingerprint density at radius 1 is 1.55 bits per heavy atom. The molecule has 0 saturated heterocycles. The third-order valence-electron chi connectivity index (χ3n) is 1.27. The molecule has 0 aliphatic heterocycles. The number of nitrogens with zero attached hydrogens (tertiary/aromatic N) is 1. The van der Waals surface area contributed by atoms with Gasteiger partial charge in [-0.1, -0.05) is 0 Å². The molecule has 0 bridgehead atoms. The van der Waals surface area contributed by atoms with Gasteiger partial charge in [-0.05, 0) is 28.7 Å². The number of halogens is 2. The Morgan fingerprint density at radius 2 is 2.27 bits per heavy atom. The molecule has 0 amide bonds. The molecule has 0 N–H and O–H groups in total. The van der Waals surface area contributed by atoms with Crippen LogP contribution in [-0.4, -0.2) is 11.2 Å². The van der Waals surface area contributed by atoms with E-state index in [1.807, 2.05) is 0 Å². The van der Waals surface area contributed by atoms with E-state index in [0.29, 0.717) is 0 Å². The Hall–Kier alpha value is -0.390. The molecule has 60 valence electrons. The molecule has 1 aromatic rings. The highest BCUT2D eigenvalue weighted by Crippen LogP contribution is 1.99. The summed E-state index contributed by atoms with van der Waals surface area (Å²) in [6.07, 6.45) is 1.64. The number of hydrogen-bond acceptors (Lipinski definition) is 1. The van der Waals surface area contributed by atoms with Gasteiger partial charge in [-0.15, -0.1) is 0 Å². The molecule has 1 aromatic heterocycles. The highest BCUT2D eigenvalue weighted by atomic mass is 127. The second kappa shape index (κ2) is 3.85. The van der Waals surface area contributed by atoms with Crippen LogP contribution < -0.4 is 5.56 Å². The predicted molar refractivity (Wildman–Crippen MR) is 49.4 cm³/mol. The van der Waals surface area contributed by atoms with Gasteiger partial charge < -0.3 is 4.57 Å². The lowest BCUT2D eigenvalue weighted by molar-refractivity contribution is 0.440. The van der Waals surface area contributed by atoms with Crippen molar-refractivity contribution in [1.29, 1.82) is 0 Å². The zero-order valence-electron chi connectivity index (χ0n) is 5.76. The van der Waals surface area contributed by atoms with Crippen molar-refractivity contribution in [2.75, 3.05) is 6.67 Å². The van der Waals surface area contributed by atoms with Crippen LogP contribution in [0.3, 0.4) is 0 Å². The topological polar surface area (TPSA) is 22.0 Å². The smallest absolute Gasteiger partial charge is 0.250 e. The third-order valence-corrected chi connectivity index (χ3v) is 1.91. The summed E-state index contributed by atoms with van der Waals surface area (Å²) in [4.78, 5) is 11.0. The Bertz CT molecular complexity index is 297. The molecule has 4 heteroatoms. The number of hydrogen-bond donors (Lipinski definition) is 0. The van der Waals surface area contributed by atoms with Gasteiger partial charge >= 0.3 is 0 Å². The Balaban J connectivity index is 3.03. The molecule has 0 fully saturated rings. The zero-order valence-corrected chi connectivity index (χ0v) is 7.92. The molecule has 0 aliphatic carbocycles. The summed E-state index contributed by atoms with van der Waals surface area (Å²) < 4.78 is 14.1. The summed E-state index contributed by atoms with van der Waals surface area (Å²) in [5.74, 6) is 0. The number of rotatable bonds is 2. The van der Waals surface area contributed by atoms with Crippen LogP contribution in [0.2, 0.25) is 0 Å². The van der Waals surface area contributed by atoms with E-state index >= 15 is 0 Å². The fourth-order valence-corrected chi connectivity index (χ4v) is 1.28. The number of aryl methyl sites for hydroxylation is 1. The van der Waals surface area contributed by atoms with Crippen LogP contribution in [0.1, 0.15) is 0 Å². The first-order chi connectivity index (χ1) is 5.24. The Labute approximate surface area is 77.2 Å². The Kier molecular flexibility index (Phi) is 3.04. The fraction of sp³-hybridized carbons (Fsp3) is 0.286. The van der Waals surface area contributed by atoms with Crippen molar-refractivity contribution in [1.82, 2.24) is 4.57 Å². The first kappa shape index (κ1) is 8.70. The minimum Gasteiger partial charge on any atom is -0.312 e. The maximum atomic E-state index is 11.8. The minimum absolute atomic E-state index is 0.148. The van der Waals surface area contributed by atoms with Gasteiger partial charge in [-0.25, -0.2) is 4.39 Å². The van der Waals surface area contributed by atoms with E-state index < -0.39 is 6.67 Å². The summed E-state index contributed by atoms with van der Waals surface area (Å²) in [7, 11) is 0. The lowest BCUT2D eigenvalue weighted by Gasteiger charge is -2.00. The van der Waals surface area contributed by atoms with Crippen LogP contribution in [0.15, 0.2) is 23.1 Å². The quantitative estimate of drug-likeness (QED) is 0.743. The van der Waals surface area contributed by atoms with E-state index in [2.05, 4.69) is 22.6 Å². The molecule has 0 atom stereocenters. The number of pyridine rings is 1. The molecule has 2 nitrogen and oxygen atoms in total. The highest BCUT2D eigenvalue weighted by Gasteiger charge is 1.94. The van der Waals surface area contributed by atoms with Crippen LogP contribution >= 0.6 is 22.6 Å². The van der Waals surface area contributed by atoms with Crippen molar-refractivity contribution in [3.05, 3.63) is 32.3 Å². The van der Waals surface area contributed by atoms with Crippen molar-refractivity contribution in [3.8, 4) is 0 Å². The van der Waals surface area contributed by atoms with Crippen LogP contribution in [0.4, 0.5) is 4.39 Å². The molecule has 0 radical (unpaired) electrons. The second-order valence-corrected chi connectivity index (χ2v) is 3.31. The van der Waals surface area contributed by atoms with Gasteiger partial charge in [0.1, 0.15) is 6.67 Å². The van der Waals surface area contributed by atoms with Gasteiger partial charge in [0.25, 0.3) is 5.56 Å². The van der Waals surface area contributed by atoms with Crippen molar-refractivity contribution >= 4 is 22.6 Å². The fourth-order valence-electron chi connectivity index (χ4n) is 0.768. The standard InChI is InChI=1S/C7H7FINO/c8-3-4-10-5-6(9)1-2-7(10)11/h1-2,5H,3-4H2. The largest absolute Gasteiger partial charge is 0.312 e. The van der Waals surface area contributed by atoms with Crippen LogP contribution in [-0.2, 0) is 6.54 Å². The van der Waals surface area contributed by atoms with E-state index in [1.54, 1.807) is 12.3 Å². The Morgan fingerprint density at radius 3 is 2.91 bits per heavy atom. The molecule has 0 saturated carbocycles. The molecule has 0 aromatic carbocycles. The molecule has 1 rings (SSSR count). The number of aromatic nitrogens is 1. The van der Waals surface area contributed by atoms with Gasteiger partial charge in [0.05, 0.1) is 6.54 Å². The minimum atomic E-state index is -0.500. The van der Waals surface area contributed by atoms with Crippen molar-refractivity contribution in [2.45, 2.75) is 6.54 Å². The van der Waals surface area contributed by atoms with E-state index in [4.69, 9.17) is 0 Å². The molecule has 1 heterocycles. The normalized spacial score (nSPS) is 10.0. The molecule has 0 aliphatic rings. The average Bonchev–Trinajstić information content (AvgIpc) is 1.98. The summed E-state index contributed by atoms with van der Waals surface area (Å²) in [5.41, 5.74) is -0.150. The van der Waals surface area contributed by atoms with Gasteiger partial charge in [0.15, 0.2) is 0 Å². The molecule has 11 heavy (non-hydrogen) atoms. The lowest BCUT2D eigenvalue weighted by Crippen LogP contribution is -2.19. The van der Waals surface area contributed by atoms with Gasteiger partial charge in [-0.3, -0.25) is 4.79 Å². The van der Waals surface area contributed by atoms with E-state index in [9.17, 15) is 9.18 Å². The SMILES string of the molecule is O=c1ccc(I)cn1CCF. The van der Waals surface area contributed by atoms with Gasteiger partial charge in [0.2, 0.25) is 0 Å². The van der Waals surface area contributed by atoms with Crippen LogP contribution in [0.25, 0.3) is 0 Å². The van der Waals surface area contributed by atoms with Gasteiger partial charge in [-0.2, -0.15) is 0 Å². The van der Waals surface area contributed by atoms with Crippen molar-refractivity contribution < 1.29 is 4.39 Å². The molecular weight excluding hydrogens is 260 g/mol. The first-order valence-electron chi connectivity index (χ1n) is 3.16. The summed E-state index contributed by atoms with van der Waals surface area (Å²) >= 11 is 2.08. The first-order valence-corrected chi connectivity index (χ1v) is 4.24. The van der Waals surface area contributed by atoms with Gasteiger partial charge in [0, 0.05) is 15.8 Å². The van der Waals surface area contributed by atoms with Crippen LogP contribution in [0, 0.1) is 3.57 Å². The maximum absolute atomic E-state index is 11.8. The third kappa shape index (κ3) is 2.28. The molecule has 0 unspecified atom stereocenters. The van der Waals surface area contributed by atoms with Crippen molar-refractivity contribution in [2.24, 2.45) is 0 Å². The molecular formula is C7H7FINO. The average molecular weight is 267 g/mol. The predicted octanol–water partition coefficient (Wildman–Crippen LogP) is 1.42. The van der Waals surface area contributed by atoms with Crippen molar-refractivity contribution in [3.63, 3.8) is 0 Å². The summed E-state index contributed by atoms with van der Waals surface area (Å²) in [6, 6.07) is 3.15. The van der Waals surface area contributed by atoms with E-state index in [1.165, 1.54) is 10.6 Å². The zero-order chi connectivity index (χ0) is 8.27.